The second-order valence-corrected chi connectivity index (χ2v) is 7.55. The normalized spacial score (nSPS) is 39.8. The third-order valence-electron chi connectivity index (χ3n) is 5.88. The Labute approximate surface area is 139 Å². The van der Waals surface area contributed by atoms with Gasteiger partial charge in [0.25, 0.3) is 5.92 Å². The molecule has 0 aromatic heterocycles. The van der Waals surface area contributed by atoms with Crippen molar-refractivity contribution in [3.8, 4) is 0 Å². The molecule has 2 aliphatic heterocycles. The summed E-state index contributed by atoms with van der Waals surface area (Å²) in [6, 6.07) is -0.647. The molecule has 0 aromatic carbocycles. The number of alkyl halides is 2. The van der Waals surface area contributed by atoms with Gasteiger partial charge in [0, 0.05) is 19.0 Å². The Kier molecular flexibility index (Phi) is 4.79. The molecule has 0 spiro atoms. The van der Waals surface area contributed by atoms with Crippen LogP contribution in [0.4, 0.5) is 8.78 Å². The molecular weight excluding hydrogens is 322 g/mol. The quantitative estimate of drug-likeness (QED) is 0.713. The lowest BCUT2D eigenvalue weighted by Crippen LogP contribution is -2.56. The van der Waals surface area contributed by atoms with Crippen molar-refractivity contribution in [3.05, 3.63) is 0 Å². The molecule has 24 heavy (non-hydrogen) atoms. The van der Waals surface area contributed by atoms with Gasteiger partial charge in [0.05, 0.1) is 12.5 Å². The minimum absolute atomic E-state index is 0.0770. The van der Waals surface area contributed by atoms with E-state index in [0.717, 1.165) is 12.8 Å². The molecule has 6 nitrogen and oxygen atoms in total. The van der Waals surface area contributed by atoms with Crippen LogP contribution in [0, 0.1) is 17.8 Å². The van der Waals surface area contributed by atoms with Crippen molar-refractivity contribution in [1.29, 1.82) is 0 Å². The fourth-order valence-electron chi connectivity index (χ4n) is 4.64. The average molecular weight is 346 g/mol. The van der Waals surface area contributed by atoms with Crippen LogP contribution >= 0.6 is 0 Å². The van der Waals surface area contributed by atoms with Crippen molar-refractivity contribution in [3.63, 3.8) is 0 Å². The Morgan fingerprint density at radius 1 is 1.08 bits per heavy atom. The van der Waals surface area contributed by atoms with Crippen LogP contribution in [-0.4, -0.2) is 64.7 Å². The number of halogens is 2. The highest BCUT2D eigenvalue weighted by atomic mass is 19.3. The van der Waals surface area contributed by atoms with E-state index in [1.165, 1.54) is 0 Å². The number of hydrogen-bond acceptors (Lipinski definition) is 4. The summed E-state index contributed by atoms with van der Waals surface area (Å²) in [6.45, 7) is 0.426. The standard InChI is InChI=1S/C16H24F2N2O4/c17-16(18)5-11(14(21)22)7-20(8-16)12-2-1-9-6-19-13(15(23)24)4-10(9)3-12/h9-13,19H,1-8H2,(H,21,22)(H,23,24)/t9?,10?,11-,12?,13?/m1/s1. The van der Waals surface area contributed by atoms with Gasteiger partial charge in [-0.15, -0.1) is 0 Å². The van der Waals surface area contributed by atoms with E-state index in [-0.39, 0.29) is 25.0 Å². The van der Waals surface area contributed by atoms with Gasteiger partial charge in [0.15, 0.2) is 0 Å². The number of rotatable bonds is 3. The minimum atomic E-state index is -2.98. The molecule has 3 rings (SSSR count). The van der Waals surface area contributed by atoms with E-state index in [2.05, 4.69) is 5.32 Å². The van der Waals surface area contributed by atoms with Gasteiger partial charge in [-0.2, -0.15) is 0 Å². The third-order valence-corrected chi connectivity index (χ3v) is 5.88. The molecule has 0 radical (unpaired) electrons. The summed E-state index contributed by atoms with van der Waals surface area (Å²) in [6.07, 6.45) is 2.24. The van der Waals surface area contributed by atoms with E-state index in [9.17, 15) is 23.5 Å². The highest BCUT2D eigenvalue weighted by Crippen LogP contribution is 2.40. The molecule has 3 aliphatic rings. The van der Waals surface area contributed by atoms with Gasteiger partial charge in [-0.3, -0.25) is 14.5 Å². The lowest BCUT2D eigenvalue weighted by Gasteiger charge is -2.47. The zero-order valence-electron chi connectivity index (χ0n) is 13.5. The minimum Gasteiger partial charge on any atom is -0.481 e. The zero-order valence-corrected chi connectivity index (χ0v) is 13.5. The summed E-state index contributed by atoms with van der Waals surface area (Å²) in [5.74, 6) is -5.46. The van der Waals surface area contributed by atoms with Gasteiger partial charge >= 0.3 is 11.9 Å². The van der Waals surface area contributed by atoms with Gasteiger partial charge in [0.2, 0.25) is 0 Å². The fraction of sp³-hybridized carbons (Fsp3) is 0.875. The van der Waals surface area contributed by atoms with Gasteiger partial charge in [-0.05, 0) is 44.1 Å². The molecule has 0 bridgehead atoms. The van der Waals surface area contributed by atoms with Crippen LogP contribution in [0.15, 0.2) is 0 Å². The molecule has 8 heteroatoms. The topological polar surface area (TPSA) is 89.9 Å². The van der Waals surface area contributed by atoms with E-state index < -0.39 is 36.2 Å². The molecule has 3 N–H and O–H groups in total. The molecular formula is C16H24F2N2O4. The van der Waals surface area contributed by atoms with Gasteiger partial charge in [-0.1, -0.05) is 0 Å². The number of likely N-dealkylation sites (tertiary alicyclic amines) is 1. The van der Waals surface area contributed by atoms with Gasteiger partial charge in [-0.25, -0.2) is 8.78 Å². The van der Waals surface area contributed by atoms with Crippen LogP contribution in [0.2, 0.25) is 0 Å². The van der Waals surface area contributed by atoms with Crippen molar-refractivity contribution in [2.45, 2.75) is 50.1 Å². The maximum atomic E-state index is 13.9. The monoisotopic (exact) mass is 346 g/mol. The molecule has 1 saturated carbocycles. The number of hydrogen-bond donors (Lipinski definition) is 3. The van der Waals surface area contributed by atoms with Crippen molar-refractivity contribution in [2.75, 3.05) is 19.6 Å². The van der Waals surface area contributed by atoms with E-state index in [1.54, 1.807) is 4.90 Å². The molecule has 1 aliphatic carbocycles. The lowest BCUT2D eigenvalue weighted by atomic mass is 9.71. The Morgan fingerprint density at radius 2 is 1.83 bits per heavy atom. The lowest BCUT2D eigenvalue weighted by molar-refractivity contribution is -0.156. The SMILES string of the molecule is O=C(O)C1CC2CC(N3C[C@H](C(=O)O)CC(F)(F)C3)CCC2CN1. The Balaban J connectivity index is 1.66. The number of nitrogens with one attached hydrogen (secondary N) is 1. The molecule has 0 aromatic rings. The highest BCUT2D eigenvalue weighted by Gasteiger charge is 2.47. The Morgan fingerprint density at radius 3 is 2.50 bits per heavy atom. The average Bonchev–Trinajstić information content (AvgIpc) is 2.52. The van der Waals surface area contributed by atoms with Crippen LogP contribution in [0.3, 0.4) is 0 Å². The fourth-order valence-corrected chi connectivity index (χ4v) is 4.64. The largest absolute Gasteiger partial charge is 0.481 e. The number of aliphatic carboxylic acids is 2. The summed E-state index contributed by atoms with van der Waals surface area (Å²) < 4.78 is 27.9. The highest BCUT2D eigenvalue weighted by molar-refractivity contribution is 5.73. The van der Waals surface area contributed by atoms with Crippen LogP contribution in [0.1, 0.15) is 32.1 Å². The first-order chi connectivity index (χ1) is 11.2. The van der Waals surface area contributed by atoms with Crippen molar-refractivity contribution >= 4 is 11.9 Å². The first kappa shape index (κ1) is 17.5. The summed E-state index contributed by atoms with van der Waals surface area (Å²) in [7, 11) is 0. The number of nitrogens with zero attached hydrogens (tertiary/aromatic N) is 1. The van der Waals surface area contributed by atoms with Crippen LogP contribution < -0.4 is 5.32 Å². The second kappa shape index (κ2) is 6.55. The first-order valence-corrected chi connectivity index (χ1v) is 8.56. The third kappa shape index (κ3) is 3.69. The predicted molar refractivity (Wildman–Crippen MR) is 80.9 cm³/mol. The molecule has 3 fully saturated rings. The molecule has 5 atom stereocenters. The molecule has 136 valence electrons. The molecule has 0 amide bonds. The summed E-state index contributed by atoms with van der Waals surface area (Å²) in [5, 5.41) is 21.3. The van der Waals surface area contributed by atoms with Crippen molar-refractivity contribution in [1.82, 2.24) is 10.2 Å². The zero-order chi connectivity index (χ0) is 17.5. The van der Waals surface area contributed by atoms with E-state index >= 15 is 0 Å². The number of fused-ring (bicyclic) bond motifs is 1. The number of carbonyl (C=O) groups is 2. The van der Waals surface area contributed by atoms with E-state index in [4.69, 9.17) is 5.11 Å². The van der Waals surface area contributed by atoms with Crippen molar-refractivity contribution < 1.29 is 28.6 Å². The van der Waals surface area contributed by atoms with Crippen LogP contribution in [-0.2, 0) is 9.59 Å². The Hall–Kier alpha value is -1.28. The smallest absolute Gasteiger partial charge is 0.320 e. The summed E-state index contributed by atoms with van der Waals surface area (Å²) in [4.78, 5) is 24.0. The van der Waals surface area contributed by atoms with E-state index in [1.807, 2.05) is 0 Å². The van der Waals surface area contributed by atoms with Gasteiger partial charge in [0.1, 0.15) is 6.04 Å². The Bertz CT molecular complexity index is 516. The second-order valence-electron chi connectivity index (χ2n) is 7.55. The predicted octanol–water partition coefficient (Wildman–Crippen LogP) is 1.26. The maximum absolute atomic E-state index is 13.9. The van der Waals surface area contributed by atoms with Crippen LogP contribution in [0.25, 0.3) is 0 Å². The molecule has 4 unspecified atom stereocenters. The summed E-state index contributed by atoms with van der Waals surface area (Å²) >= 11 is 0. The number of carboxylic acids is 2. The van der Waals surface area contributed by atoms with Gasteiger partial charge < -0.3 is 15.5 Å². The number of piperidine rings is 2. The molecule has 2 saturated heterocycles. The first-order valence-electron chi connectivity index (χ1n) is 8.56. The van der Waals surface area contributed by atoms with Crippen molar-refractivity contribution in [2.24, 2.45) is 17.8 Å². The van der Waals surface area contributed by atoms with E-state index in [0.29, 0.717) is 25.3 Å². The maximum Gasteiger partial charge on any atom is 0.320 e. The number of carboxylic acid groups (broad SMARTS) is 2. The molecule has 2 heterocycles. The van der Waals surface area contributed by atoms with Crippen LogP contribution in [0.5, 0.6) is 0 Å². The summed E-state index contributed by atoms with van der Waals surface area (Å²) in [5.41, 5.74) is 0.